The van der Waals surface area contributed by atoms with Crippen molar-refractivity contribution in [3.63, 3.8) is 0 Å². The monoisotopic (exact) mass is 477 g/mol. The smallest absolute Gasteiger partial charge is 0.416 e. The molecule has 180 valence electrons. The van der Waals surface area contributed by atoms with E-state index in [1.807, 2.05) is 12.1 Å². The van der Waals surface area contributed by atoms with Gasteiger partial charge in [0.05, 0.1) is 11.7 Å². The van der Waals surface area contributed by atoms with Crippen molar-refractivity contribution in [2.45, 2.75) is 25.1 Å². The summed E-state index contributed by atoms with van der Waals surface area (Å²) in [6.45, 7) is 0.142. The lowest BCUT2D eigenvalue weighted by Gasteiger charge is -2.13. The molecule has 7 nitrogen and oxygen atoms in total. The topological polar surface area (TPSA) is 117 Å². The Morgan fingerprint density at radius 3 is 2.18 bits per heavy atom. The number of aromatic nitrogens is 1. The van der Waals surface area contributed by atoms with Gasteiger partial charge in [-0.05, 0) is 59.9 Å². The SMILES string of the molecule is O=C(O)C(=O)O.O[C@H](CCc1cccnc1)COc1ccc(-c2cccc(C(F)(F)F)c2)cc1. The first-order valence-corrected chi connectivity index (χ1v) is 10.00. The number of nitrogens with zero attached hydrogens (tertiary/aromatic N) is 1. The number of rotatable bonds is 7. The molecule has 0 unspecified atom stereocenters. The maximum absolute atomic E-state index is 12.8. The number of carboxylic acids is 2. The van der Waals surface area contributed by atoms with Crippen LogP contribution in [0.25, 0.3) is 11.1 Å². The number of alkyl halides is 3. The second kappa shape index (κ2) is 12.4. The number of carboxylic acid groups (broad SMARTS) is 2. The van der Waals surface area contributed by atoms with E-state index >= 15 is 0 Å². The standard InChI is InChI=1S/C22H20F3NO2.C2H2O4/c23-22(24,25)19-5-1-4-18(13-19)17-7-10-21(11-8-17)28-15-20(27)9-6-16-3-2-12-26-14-16;3-1(4)2(5)6/h1-5,7-8,10-14,20,27H,6,9,15H2;(H,3,4)(H,5,6)/t20-;/m1./s1. The molecule has 0 bridgehead atoms. The summed E-state index contributed by atoms with van der Waals surface area (Å²) in [5, 5.41) is 24.8. The summed E-state index contributed by atoms with van der Waals surface area (Å²) in [4.78, 5) is 22.2. The van der Waals surface area contributed by atoms with E-state index in [4.69, 9.17) is 24.5 Å². The minimum atomic E-state index is -4.37. The second-order valence-electron chi connectivity index (χ2n) is 7.08. The van der Waals surface area contributed by atoms with Crippen LogP contribution in [0, 0.1) is 0 Å². The number of carbonyl (C=O) groups is 2. The van der Waals surface area contributed by atoms with Gasteiger partial charge in [-0.1, -0.05) is 30.3 Å². The summed E-state index contributed by atoms with van der Waals surface area (Å²) in [5.41, 5.74) is 1.52. The summed E-state index contributed by atoms with van der Waals surface area (Å²) < 4.78 is 44.1. The van der Waals surface area contributed by atoms with E-state index in [2.05, 4.69) is 4.98 Å². The van der Waals surface area contributed by atoms with Gasteiger partial charge in [0.2, 0.25) is 0 Å². The molecule has 3 rings (SSSR count). The second-order valence-corrected chi connectivity index (χ2v) is 7.08. The van der Waals surface area contributed by atoms with Crippen molar-refractivity contribution in [2.24, 2.45) is 0 Å². The Balaban J connectivity index is 0.000000604. The highest BCUT2D eigenvalue weighted by atomic mass is 19.4. The molecule has 10 heteroatoms. The minimum Gasteiger partial charge on any atom is -0.491 e. The van der Waals surface area contributed by atoms with Gasteiger partial charge >= 0.3 is 18.1 Å². The Labute approximate surface area is 193 Å². The molecule has 0 aliphatic carbocycles. The summed E-state index contributed by atoms with van der Waals surface area (Å²) in [7, 11) is 0. The van der Waals surface area contributed by atoms with Crippen molar-refractivity contribution in [3.8, 4) is 16.9 Å². The normalized spacial score (nSPS) is 11.6. The molecule has 1 atom stereocenters. The highest BCUT2D eigenvalue weighted by Gasteiger charge is 2.30. The van der Waals surface area contributed by atoms with Crippen LogP contribution in [0.15, 0.2) is 73.1 Å². The maximum atomic E-state index is 12.8. The molecule has 3 aromatic rings. The third kappa shape index (κ3) is 8.91. The van der Waals surface area contributed by atoms with Crippen LogP contribution in [-0.4, -0.2) is 45.0 Å². The molecule has 0 aliphatic heterocycles. The van der Waals surface area contributed by atoms with Crippen molar-refractivity contribution in [1.82, 2.24) is 4.98 Å². The fraction of sp³-hybridized carbons (Fsp3) is 0.208. The van der Waals surface area contributed by atoms with Gasteiger partial charge in [0, 0.05) is 12.4 Å². The number of halogens is 3. The molecule has 0 amide bonds. The van der Waals surface area contributed by atoms with Gasteiger partial charge in [0.15, 0.2) is 0 Å². The first kappa shape index (κ1) is 26.3. The molecule has 0 radical (unpaired) electrons. The van der Waals surface area contributed by atoms with Crippen molar-refractivity contribution in [2.75, 3.05) is 6.61 Å². The highest BCUT2D eigenvalue weighted by Crippen LogP contribution is 2.32. The lowest BCUT2D eigenvalue weighted by Crippen LogP contribution is -2.18. The average Bonchev–Trinajstić information content (AvgIpc) is 2.82. The zero-order valence-electron chi connectivity index (χ0n) is 17.8. The van der Waals surface area contributed by atoms with E-state index in [0.717, 1.165) is 17.7 Å². The van der Waals surface area contributed by atoms with E-state index in [9.17, 15) is 18.3 Å². The van der Waals surface area contributed by atoms with E-state index in [-0.39, 0.29) is 6.61 Å². The molecule has 0 spiro atoms. The average molecular weight is 477 g/mol. The van der Waals surface area contributed by atoms with Gasteiger partial charge in [-0.3, -0.25) is 4.98 Å². The third-order valence-corrected chi connectivity index (χ3v) is 4.49. The predicted molar refractivity (Wildman–Crippen MR) is 116 cm³/mol. The van der Waals surface area contributed by atoms with Crippen LogP contribution in [0.2, 0.25) is 0 Å². The van der Waals surface area contributed by atoms with Crippen LogP contribution in [0.4, 0.5) is 13.2 Å². The number of aryl methyl sites for hydroxylation is 1. The predicted octanol–water partition coefficient (Wildman–Crippen LogP) is 4.30. The van der Waals surface area contributed by atoms with Crippen molar-refractivity contribution < 1.29 is 42.8 Å². The van der Waals surface area contributed by atoms with Crippen LogP contribution in [-0.2, 0) is 22.2 Å². The number of hydrogen-bond donors (Lipinski definition) is 3. The Morgan fingerprint density at radius 1 is 0.941 bits per heavy atom. The minimum absolute atomic E-state index is 0.142. The van der Waals surface area contributed by atoms with Crippen LogP contribution >= 0.6 is 0 Å². The van der Waals surface area contributed by atoms with E-state index in [1.54, 1.807) is 42.7 Å². The van der Waals surface area contributed by atoms with E-state index in [1.165, 1.54) is 6.07 Å². The van der Waals surface area contributed by atoms with Crippen LogP contribution in [0.1, 0.15) is 17.5 Å². The van der Waals surface area contributed by atoms with Crippen LogP contribution in [0.3, 0.4) is 0 Å². The fourth-order valence-electron chi connectivity index (χ4n) is 2.77. The highest BCUT2D eigenvalue weighted by molar-refractivity contribution is 6.27. The quantitative estimate of drug-likeness (QED) is 0.435. The first-order valence-electron chi connectivity index (χ1n) is 10.00. The van der Waals surface area contributed by atoms with Crippen LogP contribution < -0.4 is 4.74 Å². The van der Waals surface area contributed by atoms with Crippen molar-refractivity contribution in [3.05, 3.63) is 84.2 Å². The Hall–Kier alpha value is -3.92. The Kier molecular flexibility index (Phi) is 9.57. The van der Waals surface area contributed by atoms with Gasteiger partial charge in [0.25, 0.3) is 0 Å². The molecule has 3 N–H and O–H groups in total. The van der Waals surface area contributed by atoms with E-state index in [0.29, 0.717) is 29.7 Å². The van der Waals surface area contributed by atoms with Crippen LogP contribution in [0.5, 0.6) is 5.75 Å². The third-order valence-electron chi connectivity index (χ3n) is 4.49. The summed E-state index contributed by atoms with van der Waals surface area (Å²) in [5.74, 6) is -3.10. The molecular weight excluding hydrogens is 455 g/mol. The number of aliphatic carboxylic acids is 2. The largest absolute Gasteiger partial charge is 0.491 e. The van der Waals surface area contributed by atoms with Gasteiger partial charge in [0.1, 0.15) is 12.4 Å². The summed E-state index contributed by atoms with van der Waals surface area (Å²) in [6.07, 6.45) is -0.277. The van der Waals surface area contributed by atoms with Gasteiger partial charge in [-0.2, -0.15) is 13.2 Å². The maximum Gasteiger partial charge on any atom is 0.416 e. The number of ether oxygens (including phenoxy) is 1. The molecule has 0 saturated heterocycles. The molecule has 1 heterocycles. The van der Waals surface area contributed by atoms with Gasteiger partial charge in [-0.15, -0.1) is 0 Å². The molecule has 2 aromatic carbocycles. The number of aliphatic hydroxyl groups is 1. The number of hydrogen-bond acceptors (Lipinski definition) is 5. The van der Waals surface area contributed by atoms with Crippen molar-refractivity contribution in [1.29, 1.82) is 0 Å². The Bertz CT molecular complexity index is 1060. The lowest BCUT2D eigenvalue weighted by molar-refractivity contribution is -0.159. The number of benzene rings is 2. The zero-order valence-corrected chi connectivity index (χ0v) is 17.8. The summed E-state index contributed by atoms with van der Waals surface area (Å²) >= 11 is 0. The first-order chi connectivity index (χ1) is 16.1. The van der Waals surface area contributed by atoms with E-state index < -0.39 is 29.8 Å². The van der Waals surface area contributed by atoms with Gasteiger partial charge < -0.3 is 20.1 Å². The molecule has 0 fully saturated rings. The zero-order chi connectivity index (χ0) is 25.1. The Morgan fingerprint density at radius 2 is 1.62 bits per heavy atom. The number of pyridine rings is 1. The molecule has 0 aliphatic rings. The van der Waals surface area contributed by atoms with Gasteiger partial charge in [-0.25, -0.2) is 9.59 Å². The lowest BCUT2D eigenvalue weighted by atomic mass is 10.0. The molecule has 0 saturated carbocycles. The van der Waals surface area contributed by atoms with Crippen molar-refractivity contribution >= 4 is 11.9 Å². The molecule has 1 aromatic heterocycles. The number of aliphatic hydroxyl groups excluding tert-OH is 1. The summed E-state index contributed by atoms with van der Waals surface area (Å²) in [6, 6.07) is 15.8. The fourth-order valence-corrected chi connectivity index (χ4v) is 2.77. The molecular formula is C24H22F3NO6. The molecule has 34 heavy (non-hydrogen) atoms.